The summed E-state index contributed by atoms with van der Waals surface area (Å²) in [6, 6.07) is 0. The van der Waals surface area contributed by atoms with Gasteiger partial charge in [-0.1, -0.05) is 0 Å². The van der Waals surface area contributed by atoms with Crippen molar-refractivity contribution in [2.45, 2.75) is 0 Å². The standard InChI is InChI=1S/3ClH.K.Na.Zn/h3*1H;;;/q;;;2*+1;+2/p-3. The third kappa shape index (κ3) is 24.2. The summed E-state index contributed by atoms with van der Waals surface area (Å²) >= 11 is 0. The van der Waals surface area contributed by atoms with Crippen molar-refractivity contribution in [2.24, 2.45) is 0 Å². The summed E-state index contributed by atoms with van der Waals surface area (Å²) in [6.45, 7) is 0. The van der Waals surface area contributed by atoms with Crippen molar-refractivity contribution >= 4 is 0 Å². The predicted molar refractivity (Wildman–Crippen MR) is 0 cm³/mol. The molecule has 0 nitrogen and oxygen atoms in total. The molecule has 0 radical (unpaired) electrons. The quantitative estimate of drug-likeness (QED) is 0.365. The summed E-state index contributed by atoms with van der Waals surface area (Å²) in [4.78, 5) is 0. The monoisotopic (exact) mass is 231 g/mol. The molecule has 0 amide bonds. The van der Waals surface area contributed by atoms with Gasteiger partial charge in [0.05, 0.1) is 0 Å². The van der Waals surface area contributed by atoms with Gasteiger partial charge in [-0.25, -0.2) is 0 Å². The molecule has 0 aliphatic carbocycles. The fourth-order valence-electron chi connectivity index (χ4n) is 0. The van der Waals surface area contributed by atoms with Crippen LogP contribution in [0.2, 0.25) is 0 Å². The van der Waals surface area contributed by atoms with Crippen LogP contribution in [0.25, 0.3) is 0 Å². The molecule has 0 spiro atoms. The fourth-order valence-corrected chi connectivity index (χ4v) is 0. The van der Waals surface area contributed by atoms with E-state index in [0.29, 0.717) is 0 Å². The van der Waals surface area contributed by atoms with E-state index >= 15 is 0 Å². The van der Waals surface area contributed by atoms with Crippen LogP contribution in [-0.4, -0.2) is 0 Å². The second-order valence-electron chi connectivity index (χ2n) is 0. The predicted octanol–water partition coefficient (Wildman–Crippen LogP) is -15.0. The van der Waals surface area contributed by atoms with Gasteiger partial charge in [0.25, 0.3) is 0 Å². The van der Waals surface area contributed by atoms with Crippen LogP contribution >= 0.6 is 0 Å². The molecule has 0 atom stereocenters. The Labute approximate surface area is 134 Å². The third-order valence-corrected chi connectivity index (χ3v) is 0. The Morgan fingerprint density at radius 1 is 0.667 bits per heavy atom. The largest absolute Gasteiger partial charge is 2.00 e. The maximum Gasteiger partial charge on any atom is 2.00 e. The van der Waals surface area contributed by atoms with Gasteiger partial charge in [0.15, 0.2) is 0 Å². The van der Waals surface area contributed by atoms with E-state index in [1.807, 2.05) is 0 Å². The van der Waals surface area contributed by atoms with Gasteiger partial charge in [-0.2, -0.15) is 0 Å². The Kier molecular flexibility index (Phi) is 292. The van der Waals surface area contributed by atoms with E-state index in [1.165, 1.54) is 0 Å². The maximum absolute atomic E-state index is 0. The Morgan fingerprint density at radius 2 is 0.667 bits per heavy atom. The molecule has 0 fully saturated rings. The normalized spacial score (nSPS) is 0. The van der Waals surface area contributed by atoms with Crippen LogP contribution in [0.5, 0.6) is 0 Å². The first-order valence-corrected chi connectivity index (χ1v) is 0. The molecule has 0 aromatic rings. The van der Waals surface area contributed by atoms with Crippen molar-refractivity contribution in [2.75, 3.05) is 0 Å². The minimum absolute atomic E-state index is 0. The van der Waals surface area contributed by atoms with Crippen LogP contribution in [0.1, 0.15) is 0 Å². The molecule has 6 heavy (non-hydrogen) atoms. The van der Waals surface area contributed by atoms with Gasteiger partial charge in [0, 0.05) is 0 Å². The first kappa shape index (κ1) is 49.5. The summed E-state index contributed by atoms with van der Waals surface area (Å²) < 4.78 is 0. The zero-order chi connectivity index (χ0) is 0. The van der Waals surface area contributed by atoms with Gasteiger partial charge < -0.3 is 37.2 Å². The minimum Gasteiger partial charge on any atom is -1.00 e. The van der Waals surface area contributed by atoms with Crippen LogP contribution in [0.15, 0.2) is 0 Å². The molecule has 0 unspecified atom stereocenters. The van der Waals surface area contributed by atoms with Crippen LogP contribution in [0, 0.1) is 0 Å². The van der Waals surface area contributed by atoms with Gasteiger partial charge in [0.2, 0.25) is 0 Å². The Morgan fingerprint density at radius 3 is 0.667 bits per heavy atom. The second kappa shape index (κ2) is 35.4. The molecule has 0 bridgehead atoms. The van der Waals surface area contributed by atoms with Crippen molar-refractivity contribution in [1.82, 2.24) is 0 Å². The molecule has 0 N–H and O–H groups in total. The first-order chi connectivity index (χ1) is 0. The number of hydrogen-bond acceptors (Lipinski definition) is 0. The van der Waals surface area contributed by atoms with Gasteiger partial charge in [-0.3, -0.25) is 0 Å². The summed E-state index contributed by atoms with van der Waals surface area (Å²) in [5, 5.41) is 0. The van der Waals surface area contributed by atoms with Crippen molar-refractivity contribution in [1.29, 1.82) is 0 Å². The van der Waals surface area contributed by atoms with Crippen molar-refractivity contribution in [3.8, 4) is 0 Å². The summed E-state index contributed by atoms with van der Waals surface area (Å²) in [5.41, 5.74) is 0. The van der Waals surface area contributed by atoms with E-state index in [2.05, 4.69) is 0 Å². The third-order valence-electron chi connectivity index (χ3n) is 0. The van der Waals surface area contributed by atoms with Gasteiger partial charge in [-0.05, 0) is 0 Å². The molecule has 0 heterocycles. The van der Waals surface area contributed by atoms with E-state index in [1.54, 1.807) is 0 Å². The van der Waals surface area contributed by atoms with Crippen LogP contribution in [0.3, 0.4) is 0 Å². The smallest absolute Gasteiger partial charge is 1.00 e. The second-order valence-corrected chi connectivity index (χ2v) is 0. The summed E-state index contributed by atoms with van der Waals surface area (Å²) in [5.74, 6) is 0. The molecule has 6 heteroatoms. The molecule has 24 valence electrons. The van der Waals surface area contributed by atoms with Crippen molar-refractivity contribution in [3.05, 3.63) is 0 Å². The van der Waals surface area contributed by atoms with E-state index in [4.69, 9.17) is 0 Å². The van der Waals surface area contributed by atoms with E-state index in [9.17, 15) is 0 Å². The molecular formula is Cl3KNaZn+. The average Bonchev–Trinajstić information content (AvgIpc) is 0. The van der Waals surface area contributed by atoms with Crippen molar-refractivity contribution in [3.63, 3.8) is 0 Å². The number of halogens is 3. The SMILES string of the molecule is [Cl-].[Cl-].[Cl-].[K+].[Na+].[Zn+2]. The molecule has 0 aliphatic heterocycles. The molecule has 0 saturated heterocycles. The topological polar surface area (TPSA) is 0 Å². The molecule has 0 aliphatic rings. The average molecular weight is 234 g/mol. The van der Waals surface area contributed by atoms with E-state index < -0.39 is 0 Å². The van der Waals surface area contributed by atoms with Gasteiger partial charge >= 0.3 is 100 Å². The van der Waals surface area contributed by atoms with E-state index in [-0.39, 0.29) is 138 Å². The Bertz CT molecular complexity index is 10.8. The number of hydrogen-bond donors (Lipinski definition) is 0. The molecular weight excluding hydrogens is 234 g/mol. The Hall–Kier alpha value is 4.13. The Balaban J connectivity index is 0. The fraction of sp³-hybridized carbons (Fsp3) is 0. The molecule has 0 aromatic heterocycles. The van der Waals surface area contributed by atoms with E-state index in [0.717, 1.165) is 0 Å². The molecule has 0 aromatic carbocycles. The summed E-state index contributed by atoms with van der Waals surface area (Å²) in [6.07, 6.45) is 0. The van der Waals surface area contributed by atoms with Crippen molar-refractivity contribution < 1.29 is 138 Å². The first-order valence-electron chi connectivity index (χ1n) is 0. The van der Waals surface area contributed by atoms with Gasteiger partial charge in [0.1, 0.15) is 0 Å². The van der Waals surface area contributed by atoms with Crippen LogP contribution in [-0.2, 0) is 19.5 Å². The number of rotatable bonds is 0. The maximum atomic E-state index is 0. The molecule has 0 saturated carbocycles. The van der Waals surface area contributed by atoms with Crippen LogP contribution < -0.4 is 118 Å². The minimum atomic E-state index is 0. The van der Waals surface area contributed by atoms with Crippen LogP contribution in [0.4, 0.5) is 0 Å². The zero-order valence-corrected chi connectivity index (χ0v) is 14.2. The van der Waals surface area contributed by atoms with Gasteiger partial charge in [-0.15, -0.1) is 0 Å². The molecule has 0 rings (SSSR count). The zero-order valence-electron chi connectivity index (χ0n) is 3.84. The summed E-state index contributed by atoms with van der Waals surface area (Å²) in [7, 11) is 0.